The van der Waals surface area contributed by atoms with E-state index >= 15 is 0 Å². The van der Waals surface area contributed by atoms with Crippen LogP contribution in [0.5, 0.6) is 0 Å². The van der Waals surface area contributed by atoms with Gasteiger partial charge in [-0.2, -0.15) is 23.3 Å². The molecule has 0 aromatic heterocycles. The minimum Gasteiger partial charge on any atom is -1.00 e. The Labute approximate surface area is 254 Å². The molecular formula is C32H40Cl2SiZr. The summed E-state index contributed by atoms with van der Waals surface area (Å²) in [6.45, 7) is 8.63. The predicted octanol–water partition coefficient (Wildman–Crippen LogP) is 2.36. The van der Waals surface area contributed by atoms with Crippen LogP contribution in [0, 0.1) is 12.2 Å². The summed E-state index contributed by atoms with van der Waals surface area (Å²) in [7, 11) is 0.543. The van der Waals surface area contributed by atoms with Gasteiger partial charge in [0.05, 0.1) is 0 Å². The van der Waals surface area contributed by atoms with E-state index in [4.69, 9.17) is 0 Å². The zero-order chi connectivity index (χ0) is 23.5. The Balaban J connectivity index is 0.000000534. The van der Waals surface area contributed by atoms with Crippen molar-refractivity contribution in [2.75, 3.05) is 0 Å². The minimum atomic E-state index is 0. The Morgan fingerprint density at radius 2 is 1.00 bits per heavy atom. The van der Waals surface area contributed by atoms with Crippen molar-refractivity contribution < 1.29 is 51.0 Å². The second-order valence-corrected chi connectivity index (χ2v) is 11.2. The van der Waals surface area contributed by atoms with Crippen LogP contribution in [0.4, 0.5) is 0 Å². The van der Waals surface area contributed by atoms with E-state index in [-0.39, 0.29) is 51.0 Å². The van der Waals surface area contributed by atoms with Crippen molar-refractivity contribution in [3.05, 3.63) is 106 Å². The van der Waals surface area contributed by atoms with Crippen LogP contribution < -0.4 is 24.8 Å². The number of aryl methyl sites for hydroxylation is 2. The number of benzene rings is 2. The molecular weight excluding hydrogens is 575 g/mol. The van der Waals surface area contributed by atoms with Gasteiger partial charge in [0.15, 0.2) is 0 Å². The maximum atomic E-state index is 3.32. The average molecular weight is 615 g/mol. The molecule has 2 aromatic rings. The molecule has 0 radical (unpaired) electrons. The second-order valence-electron chi connectivity index (χ2n) is 9.12. The van der Waals surface area contributed by atoms with Crippen molar-refractivity contribution in [3.8, 4) is 0 Å². The summed E-state index contributed by atoms with van der Waals surface area (Å²) in [5.74, 6) is 0. The quantitative estimate of drug-likeness (QED) is 0.367. The Bertz CT molecular complexity index is 924. The van der Waals surface area contributed by atoms with E-state index in [1.54, 1.807) is 24.9 Å². The number of hydrogen-bond donors (Lipinski definition) is 0. The van der Waals surface area contributed by atoms with Crippen molar-refractivity contribution in [3.63, 3.8) is 0 Å². The zero-order valence-electron chi connectivity index (χ0n) is 22.4. The molecule has 190 valence electrons. The first-order chi connectivity index (χ1) is 16.1. The van der Waals surface area contributed by atoms with E-state index < -0.39 is 0 Å². The zero-order valence-corrected chi connectivity index (χ0v) is 27.8. The molecule has 0 spiro atoms. The van der Waals surface area contributed by atoms with Crippen LogP contribution in [0.25, 0.3) is 11.1 Å². The molecule has 5 rings (SSSR count). The maximum Gasteiger partial charge on any atom is 4.00 e. The van der Waals surface area contributed by atoms with Gasteiger partial charge in [-0.1, -0.05) is 101 Å². The fourth-order valence-corrected chi connectivity index (χ4v) is 6.27. The second kappa shape index (κ2) is 19.2. The molecule has 36 heavy (non-hydrogen) atoms. The van der Waals surface area contributed by atoms with Crippen molar-refractivity contribution in [2.45, 2.75) is 78.3 Å². The standard InChI is InChI=1S/2C14H15.C4H10Si.2ClH.Zr/c2*1-3-12-7-9-13(10-8-12)14-6-4-5-11(14)2;1-2-4-5-3-1;;;/h2*6-10H,3-4H2,1-2H3;1-5H2;2*1H;/q2*-1;;;;+4/p-2. The number of rotatable bonds is 4. The van der Waals surface area contributed by atoms with Gasteiger partial charge >= 0.3 is 26.2 Å². The maximum absolute atomic E-state index is 3.32. The molecule has 0 nitrogen and oxygen atoms in total. The van der Waals surface area contributed by atoms with E-state index in [0.29, 0.717) is 9.52 Å². The van der Waals surface area contributed by atoms with E-state index in [2.05, 4.69) is 101 Å². The molecule has 2 aromatic carbocycles. The Kier molecular flexibility index (Phi) is 18.7. The predicted molar refractivity (Wildman–Crippen MR) is 149 cm³/mol. The summed E-state index contributed by atoms with van der Waals surface area (Å²) in [6, 6.07) is 21.0. The Morgan fingerprint density at radius 1 is 0.639 bits per heavy atom. The average Bonchev–Trinajstić information content (AvgIpc) is 3.64. The summed E-state index contributed by atoms with van der Waals surface area (Å²) < 4.78 is 0. The van der Waals surface area contributed by atoms with Crippen LogP contribution in [-0.2, 0) is 39.0 Å². The summed E-state index contributed by atoms with van der Waals surface area (Å²) in [5.41, 5.74) is 10.7. The fraction of sp³-hybridized carbons (Fsp3) is 0.375. The number of hydrogen-bond acceptors (Lipinski definition) is 0. The van der Waals surface area contributed by atoms with Crippen molar-refractivity contribution in [2.24, 2.45) is 0 Å². The molecule has 0 saturated carbocycles. The molecule has 1 saturated heterocycles. The summed E-state index contributed by atoms with van der Waals surface area (Å²) in [4.78, 5) is 0. The molecule has 3 aliphatic rings. The molecule has 0 unspecified atom stereocenters. The molecule has 4 heteroatoms. The number of allylic oxidation sites excluding steroid dienone is 8. The topological polar surface area (TPSA) is 0 Å². The fourth-order valence-electron chi connectivity index (χ4n) is 4.50. The first-order valence-electron chi connectivity index (χ1n) is 12.9. The van der Waals surface area contributed by atoms with Gasteiger partial charge in [0, 0.05) is 9.52 Å². The Hall–Kier alpha value is -0.920. The molecule has 1 aliphatic heterocycles. The largest absolute Gasteiger partial charge is 4.00 e. The van der Waals surface area contributed by atoms with E-state index in [0.717, 1.165) is 25.7 Å². The van der Waals surface area contributed by atoms with Crippen LogP contribution >= 0.6 is 0 Å². The third kappa shape index (κ3) is 10.8. The van der Waals surface area contributed by atoms with Crippen LogP contribution in [0.15, 0.2) is 71.8 Å². The van der Waals surface area contributed by atoms with E-state index in [1.807, 2.05) is 0 Å². The third-order valence-electron chi connectivity index (χ3n) is 6.75. The smallest absolute Gasteiger partial charge is 1.00 e. The van der Waals surface area contributed by atoms with Gasteiger partial charge in [0.25, 0.3) is 0 Å². The molecule has 0 bridgehead atoms. The van der Waals surface area contributed by atoms with Crippen molar-refractivity contribution >= 4 is 20.7 Å². The molecule has 0 amide bonds. The molecule has 0 atom stereocenters. The van der Waals surface area contributed by atoms with Crippen LogP contribution in [-0.4, -0.2) is 9.52 Å². The molecule has 1 heterocycles. The molecule has 2 aliphatic carbocycles. The van der Waals surface area contributed by atoms with Gasteiger partial charge in [0.1, 0.15) is 0 Å². The van der Waals surface area contributed by atoms with Gasteiger partial charge in [-0.3, -0.25) is 12.2 Å². The van der Waals surface area contributed by atoms with E-state index in [1.165, 1.54) is 44.5 Å². The summed E-state index contributed by atoms with van der Waals surface area (Å²) in [5, 5.41) is 0. The van der Waals surface area contributed by atoms with Crippen LogP contribution in [0.3, 0.4) is 0 Å². The SMILES string of the molecule is C1CC[SiH2]C1.CCc1ccc(C2=CC[C-]=C2C)cc1.CCc1ccc(C2=CC[C-]=C2C)cc1.[Cl-].[Cl-].[Zr+4]. The normalized spacial score (nSPS) is 15.2. The Morgan fingerprint density at radius 3 is 1.22 bits per heavy atom. The van der Waals surface area contributed by atoms with Gasteiger partial charge in [-0.15, -0.1) is 24.0 Å². The monoisotopic (exact) mass is 612 g/mol. The van der Waals surface area contributed by atoms with Gasteiger partial charge < -0.3 is 24.8 Å². The van der Waals surface area contributed by atoms with Crippen molar-refractivity contribution in [1.29, 1.82) is 0 Å². The van der Waals surface area contributed by atoms with Gasteiger partial charge in [-0.25, -0.2) is 11.1 Å². The van der Waals surface area contributed by atoms with Crippen LogP contribution in [0.1, 0.15) is 75.6 Å². The summed E-state index contributed by atoms with van der Waals surface area (Å²) >= 11 is 0. The minimum absolute atomic E-state index is 0. The third-order valence-corrected chi connectivity index (χ3v) is 8.75. The first-order valence-corrected chi connectivity index (χ1v) is 14.9. The molecule has 1 fully saturated rings. The van der Waals surface area contributed by atoms with Crippen LogP contribution in [0.2, 0.25) is 12.1 Å². The van der Waals surface area contributed by atoms with Gasteiger partial charge in [-0.05, 0) is 24.0 Å². The van der Waals surface area contributed by atoms with E-state index in [9.17, 15) is 0 Å². The number of halogens is 2. The van der Waals surface area contributed by atoms with Gasteiger partial charge in [0.2, 0.25) is 0 Å². The molecule has 0 N–H and O–H groups in total. The van der Waals surface area contributed by atoms with Crippen molar-refractivity contribution in [1.82, 2.24) is 0 Å². The summed E-state index contributed by atoms with van der Waals surface area (Å²) in [6.07, 6.45) is 18.4. The first kappa shape index (κ1) is 35.1.